The quantitative estimate of drug-likeness (QED) is 0.577. The predicted octanol–water partition coefficient (Wildman–Crippen LogP) is 3.41. The maximum atomic E-state index is 12.9. The van der Waals surface area contributed by atoms with Crippen LogP contribution in [-0.2, 0) is 19.1 Å². The summed E-state index contributed by atoms with van der Waals surface area (Å²) in [5.74, 6) is -0.416. The lowest BCUT2D eigenvalue weighted by atomic mass is 9.83. The molecule has 1 saturated heterocycles. The summed E-state index contributed by atoms with van der Waals surface area (Å²) in [5, 5.41) is -0.459. The van der Waals surface area contributed by atoms with E-state index in [1.807, 2.05) is 48.5 Å². The summed E-state index contributed by atoms with van der Waals surface area (Å²) in [6, 6.07) is 15.5. The molecule has 2 aromatic carbocycles. The van der Waals surface area contributed by atoms with E-state index in [1.54, 1.807) is 7.11 Å². The number of esters is 2. The maximum Gasteiger partial charge on any atom is 0.326 e. The zero-order valence-electron chi connectivity index (χ0n) is 15.9. The van der Waals surface area contributed by atoms with Crippen LogP contribution in [0.5, 0.6) is 5.75 Å². The average molecular weight is 399 g/mol. The standard InChI is InChI=1S/C21H21NO5S/c1-25-14-9-10-17-15(11-14)22-16(13-7-5-4-6-8-13)12-21(18(22)28-17,19(23)26-2)20(24)27-3/h4-11,16,18H,12H2,1-3H3/t16-,18+/m0/s1. The van der Waals surface area contributed by atoms with Crippen LogP contribution in [-0.4, -0.2) is 38.6 Å². The van der Waals surface area contributed by atoms with E-state index in [-0.39, 0.29) is 12.5 Å². The van der Waals surface area contributed by atoms with Crippen LogP contribution in [0.15, 0.2) is 53.4 Å². The van der Waals surface area contributed by atoms with Gasteiger partial charge in [0, 0.05) is 17.4 Å². The zero-order valence-corrected chi connectivity index (χ0v) is 16.7. The number of thioether (sulfide) groups is 1. The van der Waals surface area contributed by atoms with Crippen LogP contribution in [0.1, 0.15) is 18.0 Å². The smallest absolute Gasteiger partial charge is 0.326 e. The first kappa shape index (κ1) is 18.7. The van der Waals surface area contributed by atoms with Gasteiger partial charge in [-0.3, -0.25) is 9.59 Å². The number of carbonyl (C=O) groups is 2. The number of ether oxygens (including phenoxy) is 3. The summed E-state index contributed by atoms with van der Waals surface area (Å²) < 4.78 is 15.6. The van der Waals surface area contributed by atoms with Crippen molar-refractivity contribution in [3.63, 3.8) is 0 Å². The Kier molecular flexibility index (Phi) is 4.71. The molecule has 0 saturated carbocycles. The van der Waals surface area contributed by atoms with Crippen molar-refractivity contribution in [2.24, 2.45) is 5.41 Å². The van der Waals surface area contributed by atoms with E-state index < -0.39 is 22.7 Å². The van der Waals surface area contributed by atoms with E-state index in [2.05, 4.69) is 4.90 Å². The molecule has 0 unspecified atom stereocenters. The predicted molar refractivity (Wildman–Crippen MR) is 105 cm³/mol. The fraction of sp³-hybridized carbons (Fsp3) is 0.333. The summed E-state index contributed by atoms with van der Waals surface area (Å²) in [4.78, 5) is 29.0. The fourth-order valence-corrected chi connectivity index (χ4v) is 5.71. The van der Waals surface area contributed by atoms with Crippen LogP contribution in [0.2, 0.25) is 0 Å². The molecule has 1 fully saturated rings. The molecule has 0 radical (unpaired) electrons. The van der Waals surface area contributed by atoms with Crippen LogP contribution in [0.25, 0.3) is 0 Å². The highest BCUT2D eigenvalue weighted by atomic mass is 32.2. The van der Waals surface area contributed by atoms with Gasteiger partial charge in [0.1, 0.15) is 11.1 Å². The minimum atomic E-state index is -1.42. The molecule has 0 aromatic heterocycles. The number of carbonyl (C=O) groups excluding carboxylic acids is 2. The van der Waals surface area contributed by atoms with Gasteiger partial charge in [0.15, 0.2) is 5.41 Å². The average Bonchev–Trinajstić information content (AvgIpc) is 3.28. The first-order valence-electron chi connectivity index (χ1n) is 8.91. The van der Waals surface area contributed by atoms with E-state index >= 15 is 0 Å². The van der Waals surface area contributed by atoms with E-state index in [0.29, 0.717) is 0 Å². The topological polar surface area (TPSA) is 65.1 Å². The number of nitrogens with zero attached hydrogens (tertiary/aromatic N) is 1. The van der Waals surface area contributed by atoms with Gasteiger partial charge < -0.3 is 19.1 Å². The molecule has 7 heteroatoms. The van der Waals surface area contributed by atoms with Crippen molar-refractivity contribution in [1.82, 2.24) is 0 Å². The van der Waals surface area contributed by atoms with Crippen LogP contribution >= 0.6 is 11.8 Å². The second kappa shape index (κ2) is 7.05. The highest BCUT2D eigenvalue weighted by Crippen LogP contribution is 2.62. The van der Waals surface area contributed by atoms with E-state index in [0.717, 1.165) is 21.9 Å². The van der Waals surface area contributed by atoms with E-state index in [4.69, 9.17) is 14.2 Å². The van der Waals surface area contributed by atoms with Crippen molar-refractivity contribution in [3.8, 4) is 5.75 Å². The molecule has 28 heavy (non-hydrogen) atoms. The molecule has 0 amide bonds. The van der Waals surface area contributed by atoms with Gasteiger partial charge in [0.25, 0.3) is 0 Å². The minimum Gasteiger partial charge on any atom is -0.497 e. The van der Waals surface area contributed by atoms with Crippen molar-refractivity contribution in [2.75, 3.05) is 26.2 Å². The number of rotatable bonds is 4. The number of benzene rings is 2. The molecule has 146 valence electrons. The Hall–Kier alpha value is -2.67. The second-order valence-electron chi connectivity index (χ2n) is 6.80. The van der Waals surface area contributed by atoms with E-state index in [9.17, 15) is 9.59 Å². The lowest BCUT2D eigenvalue weighted by molar-refractivity contribution is -0.168. The Morgan fingerprint density at radius 2 is 1.71 bits per heavy atom. The third-order valence-corrected chi connectivity index (χ3v) is 6.94. The van der Waals surface area contributed by atoms with Gasteiger partial charge in [-0.1, -0.05) is 42.1 Å². The summed E-state index contributed by atoms with van der Waals surface area (Å²) >= 11 is 1.49. The minimum absolute atomic E-state index is 0.176. The maximum absolute atomic E-state index is 12.9. The second-order valence-corrected chi connectivity index (χ2v) is 7.92. The first-order valence-corrected chi connectivity index (χ1v) is 9.79. The SMILES string of the molecule is COC(=O)C1(C(=O)OC)C[C@@H](c2ccccc2)N2c3cc(OC)ccc3S[C@@H]21. The molecule has 2 aliphatic rings. The van der Waals surface area contributed by atoms with Crippen LogP contribution in [0, 0.1) is 5.41 Å². The van der Waals surface area contributed by atoms with Gasteiger partial charge in [-0.15, -0.1) is 0 Å². The first-order chi connectivity index (χ1) is 13.6. The number of hydrogen-bond donors (Lipinski definition) is 0. The van der Waals surface area contributed by atoms with Gasteiger partial charge in [0.05, 0.1) is 33.1 Å². The van der Waals surface area contributed by atoms with Crippen molar-refractivity contribution < 1.29 is 23.8 Å². The zero-order chi connectivity index (χ0) is 19.9. The van der Waals surface area contributed by atoms with Crippen LogP contribution in [0.4, 0.5) is 5.69 Å². The number of methoxy groups -OCH3 is 3. The molecule has 2 aliphatic heterocycles. The summed E-state index contributed by atoms with van der Waals surface area (Å²) in [5.41, 5.74) is 0.553. The summed E-state index contributed by atoms with van der Waals surface area (Å²) in [7, 11) is 4.24. The number of anilines is 1. The molecule has 2 aromatic rings. The van der Waals surface area contributed by atoms with Crippen LogP contribution in [0.3, 0.4) is 0 Å². The molecular formula is C21H21NO5S. The molecule has 0 bridgehead atoms. The van der Waals surface area contributed by atoms with Crippen LogP contribution < -0.4 is 9.64 Å². The molecule has 4 rings (SSSR count). The third-order valence-electron chi connectivity index (χ3n) is 5.49. The van der Waals surface area contributed by atoms with Gasteiger partial charge in [-0.2, -0.15) is 0 Å². The highest BCUT2D eigenvalue weighted by molar-refractivity contribution is 8.00. The molecule has 0 aliphatic carbocycles. The number of hydrogen-bond acceptors (Lipinski definition) is 7. The van der Waals surface area contributed by atoms with Gasteiger partial charge >= 0.3 is 11.9 Å². The Morgan fingerprint density at radius 1 is 1.04 bits per heavy atom. The van der Waals surface area contributed by atoms with Crippen molar-refractivity contribution in [3.05, 3.63) is 54.1 Å². The monoisotopic (exact) mass is 399 g/mol. The Labute approximate surface area is 167 Å². The van der Waals surface area contributed by atoms with Crippen molar-refractivity contribution >= 4 is 29.4 Å². The fourth-order valence-electron chi connectivity index (χ4n) is 4.17. The number of fused-ring (bicyclic) bond motifs is 3. The summed E-state index contributed by atoms with van der Waals surface area (Å²) in [6.07, 6.45) is 0.282. The third kappa shape index (κ3) is 2.57. The van der Waals surface area contributed by atoms with Crippen molar-refractivity contribution in [1.29, 1.82) is 0 Å². The van der Waals surface area contributed by atoms with Crippen molar-refractivity contribution in [2.45, 2.75) is 22.7 Å². The Balaban J connectivity index is 1.90. The molecular weight excluding hydrogens is 378 g/mol. The molecule has 0 N–H and O–H groups in total. The summed E-state index contributed by atoms with van der Waals surface area (Å²) in [6.45, 7) is 0. The van der Waals surface area contributed by atoms with Gasteiger partial charge in [-0.05, 0) is 17.7 Å². The largest absolute Gasteiger partial charge is 0.497 e. The molecule has 2 heterocycles. The Morgan fingerprint density at radius 3 is 2.32 bits per heavy atom. The van der Waals surface area contributed by atoms with E-state index in [1.165, 1.54) is 26.0 Å². The van der Waals surface area contributed by atoms with Gasteiger partial charge in [0.2, 0.25) is 0 Å². The highest BCUT2D eigenvalue weighted by Gasteiger charge is 2.66. The lowest BCUT2D eigenvalue weighted by Crippen LogP contribution is -2.48. The molecule has 2 atom stereocenters. The lowest BCUT2D eigenvalue weighted by Gasteiger charge is -2.30. The Bertz CT molecular complexity index is 900. The molecule has 6 nitrogen and oxygen atoms in total. The normalized spacial score (nSPS) is 21.6. The van der Waals surface area contributed by atoms with Gasteiger partial charge in [-0.25, -0.2) is 0 Å². The molecule has 0 spiro atoms.